The van der Waals surface area contributed by atoms with Crippen LogP contribution >= 0.6 is 0 Å². The molecule has 0 radical (unpaired) electrons. The van der Waals surface area contributed by atoms with Crippen molar-refractivity contribution in [2.24, 2.45) is 0 Å². The largest absolute Gasteiger partial charge is 0.389 e. The standard InChI is InChI=1S/C16H23N5O/c1-13(20(2)12-16(22)10-6-7-11-16)15-17-18-19-21(15)14-8-4-3-5-9-14/h3-5,8-9,13,22H,6-7,10-12H2,1-2H3. The summed E-state index contributed by atoms with van der Waals surface area (Å²) in [7, 11) is 2.02. The highest BCUT2D eigenvalue weighted by Gasteiger charge is 2.34. The smallest absolute Gasteiger partial charge is 0.173 e. The highest BCUT2D eigenvalue weighted by Crippen LogP contribution is 2.31. The van der Waals surface area contributed by atoms with Crippen molar-refractivity contribution >= 4 is 0 Å². The Balaban J connectivity index is 1.78. The van der Waals surface area contributed by atoms with E-state index in [2.05, 4.69) is 27.3 Å². The monoisotopic (exact) mass is 301 g/mol. The van der Waals surface area contributed by atoms with Gasteiger partial charge in [-0.1, -0.05) is 31.0 Å². The number of para-hydroxylation sites is 1. The van der Waals surface area contributed by atoms with E-state index in [-0.39, 0.29) is 6.04 Å². The molecule has 1 unspecified atom stereocenters. The lowest BCUT2D eigenvalue weighted by atomic mass is 10.0. The number of aliphatic hydroxyl groups is 1. The van der Waals surface area contributed by atoms with Gasteiger partial charge in [0, 0.05) is 6.54 Å². The van der Waals surface area contributed by atoms with Gasteiger partial charge in [0.1, 0.15) is 0 Å². The molecule has 1 aromatic heterocycles. The molecule has 118 valence electrons. The van der Waals surface area contributed by atoms with Crippen LogP contribution in [-0.2, 0) is 0 Å². The number of benzene rings is 1. The molecule has 1 aliphatic rings. The first kappa shape index (κ1) is 15.1. The molecule has 1 aromatic carbocycles. The molecule has 0 amide bonds. The molecule has 1 heterocycles. The summed E-state index contributed by atoms with van der Waals surface area (Å²) in [6.45, 7) is 2.72. The maximum absolute atomic E-state index is 10.6. The highest BCUT2D eigenvalue weighted by atomic mass is 16.3. The molecule has 1 fully saturated rings. The van der Waals surface area contributed by atoms with Crippen molar-refractivity contribution in [2.45, 2.75) is 44.2 Å². The summed E-state index contributed by atoms with van der Waals surface area (Å²) in [5, 5.41) is 22.7. The van der Waals surface area contributed by atoms with Gasteiger partial charge in [-0.3, -0.25) is 4.90 Å². The molecule has 6 nitrogen and oxygen atoms in total. The zero-order chi connectivity index (χ0) is 15.6. The molecule has 2 aromatic rings. The van der Waals surface area contributed by atoms with Crippen LogP contribution < -0.4 is 0 Å². The van der Waals surface area contributed by atoms with Crippen molar-refractivity contribution in [2.75, 3.05) is 13.6 Å². The van der Waals surface area contributed by atoms with Crippen LogP contribution in [0.3, 0.4) is 0 Å². The molecule has 0 aliphatic heterocycles. The zero-order valence-corrected chi connectivity index (χ0v) is 13.2. The van der Waals surface area contributed by atoms with Crippen molar-refractivity contribution in [1.82, 2.24) is 25.1 Å². The van der Waals surface area contributed by atoms with E-state index in [4.69, 9.17) is 0 Å². The van der Waals surface area contributed by atoms with Crippen LogP contribution in [0.5, 0.6) is 0 Å². The zero-order valence-electron chi connectivity index (χ0n) is 13.2. The molecule has 1 saturated carbocycles. The summed E-state index contributed by atoms with van der Waals surface area (Å²) in [5.74, 6) is 0.787. The topological polar surface area (TPSA) is 67.1 Å². The minimum absolute atomic E-state index is 0.0276. The Labute approximate surface area is 130 Å². The number of hydrogen-bond acceptors (Lipinski definition) is 5. The number of aromatic nitrogens is 4. The van der Waals surface area contributed by atoms with Gasteiger partial charge in [0.15, 0.2) is 5.82 Å². The van der Waals surface area contributed by atoms with E-state index in [1.54, 1.807) is 4.68 Å². The third-order valence-electron chi connectivity index (χ3n) is 4.61. The van der Waals surface area contributed by atoms with Crippen molar-refractivity contribution in [1.29, 1.82) is 0 Å². The van der Waals surface area contributed by atoms with Gasteiger partial charge in [-0.25, -0.2) is 0 Å². The fourth-order valence-electron chi connectivity index (χ4n) is 3.20. The van der Waals surface area contributed by atoms with Crippen LogP contribution in [-0.4, -0.2) is 49.4 Å². The van der Waals surface area contributed by atoms with E-state index in [0.717, 1.165) is 37.2 Å². The molecular weight excluding hydrogens is 278 g/mol. The first-order valence-corrected chi connectivity index (χ1v) is 7.85. The van der Waals surface area contributed by atoms with Gasteiger partial charge in [0.25, 0.3) is 0 Å². The minimum atomic E-state index is -0.561. The fourth-order valence-corrected chi connectivity index (χ4v) is 3.20. The third kappa shape index (κ3) is 3.03. The summed E-state index contributed by atoms with van der Waals surface area (Å²) in [4.78, 5) is 2.14. The van der Waals surface area contributed by atoms with Crippen molar-refractivity contribution in [3.63, 3.8) is 0 Å². The lowest BCUT2D eigenvalue weighted by molar-refractivity contribution is 0.00582. The number of tetrazole rings is 1. The molecule has 0 bridgehead atoms. The fraction of sp³-hybridized carbons (Fsp3) is 0.562. The number of likely N-dealkylation sites (N-methyl/N-ethyl adjacent to an activating group) is 1. The van der Waals surface area contributed by atoms with Crippen LogP contribution in [0.1, 0.15) is 44.5 Å². The summed E-state index contributed by atoms with van der Waals surface area (Å²) >= 11 is 0. The van der Waals surface area contributed by atoms with E-state index in [1.807, 2.05) is 37.4 Å². The van der Waals surface area contributed by atoms with E-state index in [9.17, 15) is 5.11 Å². The molecule has 0 spiro atoms. The maximum atomic E-state index is 10.6. The van der Waals surface area contributed by atoms with Gasteiger partial charge in [-0.2, -0.15) is 4.68 Å². The molecule has 6 heteroatoms. The van der Waals surface area contributed by atoms with Crippen LogP contribution in [0.15, 0.2) is 30.3 Å². The average Bonchev–Trinajstić information content (AvgIpc) is 3.16. The summed E-state index contributed by atoms with van der Waals surface area (Å²) in [5.41, 5.74) is 0.385. The second-order valence-corrected chi connectivity index (χ2v) is 6.31. The second kappa shape index (κ2) is 6.14. The third-order valence-corrected chi connectivity index (χ3v) is 4.61. The quantitative estimate of drug-likeness (QED) is 0.914. The molecule has 22 heavy (non-hydrogen) atoms. The Morgan fingerprint density at radius 2 is 1.95 bits per heavy atom. The molecule has 3 rings (SSSR count). The van der Waals surface area contributed by atoms with Crippen molar-refractivity contribution in [3.05, 3.63) is 36.2 Å². The van der Waals surface area contributed by atoms with Gasteiger partial charge < -0.3 is 5.11 Å². The predicted molar refractivity (Wildman–Crippen MR) is 83.6 cm³/mol. The molecule has 0 saturated heterocycles. The Morgan fingerprint density at radius 1 is 1.27 bits per heavy atom. The molecule has 1 aliphatic carbocycles. The Morgan fingerprint density at radius 3 is 2.64 bits per heavy atom. The first-order valence-electron chi connectivity index (χ1n) is 7.85. The first-order chi connectivity index (χ1) is 10.6. The molecule has 1 N–H and O–H groups in total. The van der Waals surface area contributed by atoms with Crippen LogP contribution in [0, 0.1) is 0 Å². The lowest BCUT2D eigenvalue weighted by Gasteiger charge is -2.31. The Hall–Kier alpha value is -1.79. The van der Waals surface area contributed by atoms with E-state index in [1.165, 1.54) is 0 Å². The molecule has 1 atom stereocenters. The van der Waals surface area contributed by atoms with Crippen LogP contribution in [0.2, 0.25) is 0 Å². The van der Waals surface area contributed by atoms with Gasteiger partial charge in [-0.05, 0) is 49.4 Å². The SMILES string of the molecule is CC(c1nnnn1-c1ccccc1)N(C)CC1(O)CCCC1. The minimum Gasteiger partial charge on any atom is -0.389 e. The van der Waals surface area contributed by atoms with Gasteiger partial charge in [0.05, 0.1) is 17.3 Å². The Bertz CT molecular complexity index is 606. The summed E-state index contributed by atoms with van der Waals surface area (Å²) in [6, 6.07) is 9.90. The van der Waals surface area contributed by atoms with Gasteiger partial charge in [-0.15, -0.1) is 5.10 Å². The summed E-state index contributed by atoms with van der Waals surface area (Å²) in [6.07, 6.45) is 3.99. The lowest BCUT2D eigenvalue weighted by Crippen LogP contribution is -2.40. The van der Waals surface area contributed by atoms with E-state index >= 15 is 0 Å². The second-order valence-electron chi connectivity index (χ2n) is 6.31. The number of nitrogens with zero attached hydrogens (tertiary/aromatic N) is 5. The van der Waals surface area contributed by atoms with Crippen molar-refractivity contribution < 1.29 is 5.11 Å². The van der Waals surface area contributed by atoms with Crippen LogP contribution in [0.25, 0.3) is 5.69 Å². The number of hydrogen-bond donors (Lipinski definition) is 1. The average molecular weight is 301 g/mol. The van der Waals surface area contributed by atoms with E-state index in [0.29, 0.717) is 6.54 Å². The maximum Gasteiger partial charge on any atom is 0.173 e. The highest BCUT2D eigenvalue weighted by molar-refractivity contribution is 5.30. The van der Waals surface area contributed by atoms with Crippen LogP contribution in [0.4, 0.5) is 0 Å². The normalized spacial score (nSPS) is 18.7. The Kier molecular flexibility index (Phi) is 4.22. The number of rotatable bonds is 5. The predicted octanol–water partition coefficient (Wildman–Crippen LogP) is 1.96. The van der Waals surface area contributed by atoms with Gasteiger partial charge >= 0.3 is 0 Å². The van der Waals surface area contributed by atoms with E-state index < -0.39 is 5.60 Å². The summed E-state index contributed by atoms with van der Waals surface area (Å²) < 4.78 is 1.76. The molecular formula is C16H23N5O. The van der Waals surface area contributed by atoms with Gasteiger partial charge in [0.2, 0.25) is 0 Å². The van der Waals surface area contributed by atoms with Crippen molar-refractivity contribution in [3.8, 4) is 5.69 Å².